The molecule has 0 spiro atoms. The zero-order valence-corrected chi connectivity index (χ0v) is 15.4. The maximum atomic E-state index is 13.0. The van der Waals surface area contributed by atoms with E-state index in [1.165, 1.54) is 31.2 Å². The van der Waals surface area contributed by atoms with Crippen LogP contribution in [0.15, 0.2) is 59.6 Å². The Balaban J connectivity index is 1.72. The smallest absolute Gasteiger partial charge is 0.240 e. The number of rotatable bonds is 7. The lowest BCUT2D eigenvalue weighted by Gasteiger charge is -2.08. The van der Waals surface area contributed by atoms with Gasteiger partial charge in [0.15, 0.2) is 0 Å². The van der Waals surface area contributed by atoms with Gasteiger partial charge in [-0.2, -0.15) is 0 Å². The van der Waals surface area contributed by atoms with Crippen LogP contribution in [0.3, 0.4) is 0 Å². The Morgan fingerprint density at radius 1 is 1.15 bits per heavy atom. The van der Waals surface area contributed by atoms with Gasteiger partial charge < -0.3 is 5.11 Å². The summed E-state index contributed by atoms with van der Waals surface area (Å²) in [6.07, 6.45) is 0.966. The molecule has 0 aliphatic carbocycles. The van der Waals surface area contributed by atoms with Gasteiger partial charge in [0, 0.05) is 12.1 Å². The molecule has 1 aromatic heterocycles. The molecule has 0 radical (unpaired) electrons. The number of aromatic nitrogens is 3. The van der Waals surface area contributed by atoms with Crippen LogP contribution >= 0.6 is 0 Å². The molecule has 0 bridgehead atoms. The molecule has 142 valence electrons. The van der Waals surface area contributed by atoms with Crippen LogP contribution in [0.4, 0.5) is 4.39 Å². The average Bonchev–Trinajstić information content (AvgIpc) is 3.11. The van der Waals surface area contributed by atoms with Gasteiger partial charge in [0.1, 0.15) is 11.5 Å². The second-order valence-corrected chi connectivity index (χ2v) is 7.92. The standard InChI is InChI=1S/C18H19FN4O3S/c1-13(24)10-20-27(25,26)17-8-4-15(5-9-17)18-12-23(22-21-18)11-14-2-6-16(19)7-3-14/h2-9,12-13,20,24H,10-11H2,1H3. The number of sulfonamides is 1. The second kappa shape index (κ2) is 7.95. The Morgan fingerprint density at radius 3 is 2.44 bits per heavy atom. The number of aliphatic hydroxyl groups excluding tert-OH is 1. The first-order chi connectivity index (χ1) is 12.8. The SMILES string of the molecule is CC(O)CNS(=O)(=O)c1ccc(-c2cn(Cc3ccc(F)cc3)nn2)cc1. The molecule has 2 N–H and O–H groups in total. The highest BCUT2D eigenvalue weighted by Crippen LogP contribution is 2.19. The Kier molecular flexibility index (Phi) is 5.64. The fourth-order valence-electron chi connectivity index (χ4n) is 2.40. The molecular formula is C18H19FN4O3S. The molecule has 1 unspecified atom stereocenters. The van der Waals surface area contributed by atoms with Crippen LogP contribution in [0.25, 0.3) is 11.3 Å². The summed E-state index contributed by atoms with van der Waals surface area (Å²) < 4.78 is 41.2. The van der Waals surface area contributed by atoms with Crippen LogP contribution in [-0.4, -0.2) is 41.2 Å². The van der Waals surface area contributed by atoms with Crippen LogP contribution in [-0.2, 0) is 16.6 Å². The van der Waals surface area contributed by atoms with E-state index in [2.05, 4.69) is 15.0 Å². The van der Waals surface area contributed by atoms with E-state index in [1.807, 2.05) is 0 Å². The predicted molar refractivity (Wildman–Crippen MR) is 97.8 cm³/mol. The zero-order chi connectivity index (χ0) is 19.4. The summed E-state index contributed by atoms with van der Waals surface area (Å²) in [5.41, 5.74) is 2.20. The van der Waals surface area contributed by atoms with Crippen molar-refractivity contribution in [3.63, 3.8) is 0 Å². The molecule has 2 aromatic carbocycles. The summed E-state index contributed by atoms with van der Waals surface area (Å²) in [6, 6.07) is 12.4. The summed E-state index contributed by atoms with van der Waals surface area (Å²) in [7, 11) is -3.68. The molecule has 0 saturated heterocycles. The molecule has 0 aliphatic rings. The third-order valence-electron chi connectivity index (χ3n) is 3.83. The molecule has 7 nitrogen and oxygen atoms in total. The van der Waals surface area contributed by atoms with Crippen molar-refractivity contribution < 1.29 is 17.9 Å². The lowest BCUT2D eigenvalue weighted by Crippen LogP contribution is -2.30. The van der Waals surface area contributed by atoms with Crippen molar-refractivity contribution in [1.82, 2.24) is 19.7 Å². The third kappa shape index (κ3) is 4.97. The number of hydrogen-bond donors (Lipinski definition) is 2. The van der Waals surface area contributed by atoms with Gasteiger partial charge in [-0.15, -0.1) is 5.10 Å². The molecule has 0 aliphatic heterocycles. The molecule has 3 aromatic rings. The summed E-state index contributed by atoms with van der Waals surface area (Å²) in [6.45, 7) is 1.89. The highest BCUT2D eigenvalue weighted by molar-refractivity contribution is 7.89. The maximum Gasteiger partial charge on any atom is 0.240 e. The summed E-state index contributed by atoms with van der Waals surface area (Å²) in [5.74, 6) is -0.295. The van der Waals surface area contributed by atoms with Crippen molar-refractivity contribution >= 4 is 10.0 Å². The summed E-state index contributed by atoms with van der Waals surface area (Å²) in [5, 5.41) is 17.4. The topological polar surface area (TPSA) is 97.1 Å². The number of benzene rings is 2. The van der Waals surface area contributed by atoms with E-state index in [1.54, 1.807) is 35.1 Å². The van der Waals surface area contributed by atoms with E-state index in [0.717, 1.165) is 11.1 Å². The molecule has 27 heavy (non-hydrogen) atoms. The first-order valence-corrected chi connectivity index (χ1v) is 9.74. The van der Waals surface area contributed by atoms with Crippen molar-refractivity contribution in [3.05, 3.63) is 66.1 Å². The lowest BCUT2D eigenvalue weighted by atomic mass is 10.2. The minimum Gasteiger partial charge on any atom is -0.392 e. The first-order valence-electron chi connectivity index (χ1n) is 8.26. The van der Waals surface area contributed by atoms with E-state index in [4.69, 9.17) is 0 Å². The molecule has 9 heteroatoms. The Labute approximate surface area is 156 Å². The fourth-order valence-corrected chi connectivity index (χ4v) is 3.52. The van der Waals surface area contributed by atoms with Gasteiger partial charge in [-0.25, -0.2) is 22.2 Å². The highest BCUT2D eigenvalue weighted by Gasteiger charge is 2.15. The van der Waals surface area contributed by atoms with Crippen LogP contribution in [0, 0.1) is 5.82 Å². The van der Waals surface area contributed by atoms with Crippen molar-refractivity contribution in [2.24, 2.45) is 0 Å². The molecule has 1 heterocycles. The quantitative estimate of drug-likeness (QED) is 0.641. The van der Waals surface area contributed by atoms with Gasteiger partial charge in [-0.3, -0.25) is 0 Å². The molecule has 0 fully saturated rings. The number of nitrogens with zero attached hydrogens (tertiary/aromatic N) is 3. The van der Waals surface area contributed by atoms with Gasteiger partial charge in [-0.1, -0.05) is 29.5 Å². The molecule has 3 rings (SSSR count). The van der Waals surface area contributed by atoms with E-state index in [-0.39, 0.29) is 17.3 Å². The summed E-state index contributed by atoms with van der Waals surface area (Å²) in [4.78, 5) is 0.102. The van der Waals surface area contributed by atoms with Gasteiger partial charge >= 0.3 is 0 Å². The predicted octanol–water partition coefficient (Wildman–Crippen LogP) is 1.79. The number of hydrogen-bond acceptors (Lipinski definition) is 5. The van der Waals surface area contributed by atoms with Gasteiger partial charge in [0.2, 0.25) is 10.0 Å². The average molecular weight is 390 g/mol. The van der Waals surface area contributed by atoms with E-state index < -0.39 is 16.1 Å². The van der Waals surface area contributed by atoms with Crippen molar-refractivity contribution in [2.75, 3.05) is 6.54 Å². The fraction of sp³-hybridized carbons (Fsp3) is 0.222. The van der Waals surface area contributed by atoms with Crippen LogP contribution in [0.2, 0.25) is 0 Å². The number of aliphatic hydroxyl groups is 1. The van der Waals surface area contributed by atoms with Crippen LogP contribution in [0.5, 0.6) is 0 Å². The van der Waals surface area contributed by atoms with E-state index in [9.17, 15) is 17.9 Å². The minimum atomic E-state index is -3.68. The van der Waals surface area contributed by atoms with Crippen LogP contribution in [0.1, 0.15) is 12.5 Å². The monoisotopic (exact) mass is 390 g/mol. The number of halogens is 1. The Hall–Kier alpha value is -2.62. The number of nitrogens with one attached hydrogen (secondary N) is 1. The zero-order valence-electron chi connectivity index (χ0n) is 14.6. The maximum absolute atomic E-state index is 13.0. The Morgan fingerprint density at radius 2 is 1.81 bits per heavy atom. The van der Waals surface area contributed by atoms with Crippen LogP contribution < -0.4 is 4.72 Å². The molecular weight excluding hydrogens is 371 g/mol. The van der Waals surface area contributed by atoms with Crippen molar-refractivity contribution in [1.29, 1.82) is 0 Å². The second-order valence-electron chi connectivity index (χ2n) is 6.15. The summed E-state index contributed by atoms with van der Waals surface area (Å²) >= 11 is 0. The normalized spacial score (nSPS) is 12.9. The molecule has 1 atom stereocenters. The third-order valence-corrected chi connectivity index (χ3v) is 5.27. The van der Waals surface area contributed by atoms with Gasteiger partial charge in [-0.05, 0) is 36.8 Å². The van der Waals surface area contributed by atoms with Gasteiger partial charge in [0.05, 0.1) is 23.7 Å². The van der Waals surface area contributed by atoms with Crippen molar-refractivity contribution in [3.8, 4) is 11.3 Å². The Bertz CT molecular complexity index is 1000. The van der Waals surface area contributed by atoms with E-state index in [0.29, 0.717) is 12.2 Å². The van der Waals surface area contributed by atoms with Crippen molar-refractivity contribution in [2.45, 2.75) is 24.5 Å². The lowest BCUT2D eigenvalue weighted by molar-refractivity contribution is 0.198. The highest BCUT2D eigenvalue weighted by atomic mass is 32.2. The molecule has 0 amide bonds. The first kappa shape index (κ1) is 19.2. The largest absolute Gasteiger partial charge is 0.392 e. The van der Waals surface area contributed by atoms with Gasteiger partial charge in [0.25, 0.3) is 0 Å². The van der Waals surface area contributed by atoms with E-state index >= 15 is 0 Å². The minimum absolute atomic E-state index is 0.0538. The molecule has 0 saturated carbocycles.